The van der Waals surface area contributed by atoms with Gasteiger partial charge in [-0.25, -0.2) is 9.97 Å². The molecule has 2 aromatic heterocycles. The second-order valence-electron chi connectivity index (χ2n) is 9.57. The molecule has 0 fully saturated rings. The number of nitrogens with zero attached hydrogens (tertiary/aromatic N) is 2. The molecule has 3 rings (SSSR count). The minimum atomic E-state index is -0.0553. The minimum Gasteiger partial charge on any atom is -0.365 e. The number of fused-ring (bicyclic) bond motifs is 1. The topological polar surface area (TPSA) is 37.8 Å². The Labute approximate surface area is 167 Å². The first-order chi connectivity index (χ1) is 12.6. The quantitative estimate of drug-likeness (QED) is 0.512. The third-order valence-electron chi connectivity index (χ3n) is 4.69. The molecule has 0 saturated heterocycles. The van der Waals surface area contributed by atoms with Crippen molar-refractivity contribution in [2.45, 2.75) is 66.3 Å². The van der Waals surface area contributed by atoms with Crippen LogP contribution in [0.5, 0.6) is 0 Å². The molecule has 27 heavy (non-hydrogen) atoms. The Balaban J connectivity index is 2.02. The van der Waals surface area contributed by atoms with Gasteiger partial charge in [0.1, 0.15) is 17.0 Å². The van der Waals surface area contributed by atoms with E-state index in [1.807, 2.05) is 0 Å². The Bertz CT molecular complexity index is 915. The van der Waals surface area contributed by atoms with Crippen LogP contribution in [0.1, 0.15) is 66.4 Å². The molecule has 0 atom stereocenters. The molecule has 0 bridgehead atoms. The summed E-state index contributed by atoms with van der Waals surface area (Å²) in [5.74, 6) is 1.47. The summed E-state index contributed by atoms with van der Waals surface area (Å²) in [5.41, 5.74) is 3.98. The monoisotopic (exact) mass is 381 g/mol. The van der Waals surface area contributed by atoms with Gasteiger partial charge in [-0.2, -0.15) is 0 Å². The molecule has 0 saturated carbocycles. The van der Waals surface area contributed by atoms with Crippen molar-refractivity contribution in [3.63, 3.8) is 0 Å². The van der Waals surface area contributed by atoms with Crippen LogP contribution in [0.15, 0.2) is 36.0 Å². The molecule has 2 heterocycles. The van der Waals surface area contributed by atoms with Crippen LogP contribution >= 0.6 is 11.3 Å². The van der Waals surface area contributed by atoms with Gasteiger partial charge in [0, 0.05) is 16.5 Å². The second-order valence-corrected chi connectivity index (χ2v) is 10.4. The summed E-state index contributed by atoms with van der Waals surface area (Å²) in [4.78, 5) is 10.1. The minimum absolute atomic E-state index is 0.0553. The van der Waals surface area contributed by atoms with E-state index in [-0.39, 0.29) is 11.0 Å². The van der Waals surface area contributed by atoms with Crippen molar-refractivity contribution in [2.24, 2.45) is 5.41 Å². The van der Waals surface area contributed by atoms with Crippen LogP contribution in [0, 0.1) is 5.41 Å². The van der Waals surface area contributed by atoms with E-state index in [2.05, 4.69) is 93.4 Å². The van der Waals surface area contributed by atoms with Gasteiger partial charge < -0.3 is 5.32 Å². The van der Waals surface area contributed by atoms with Crippen LogP contribution < -0.4 is 5.32 Å². The first-order valence-electron chi connectivity index (χ1n) is 9.66. The van der Waals surface area contributed by atoms with E-state index < -0.39 is 0 Å². The molecule has 144 valence electrons. The fourth-order valence-electron chi connectivity index (χ4n) is 3.92. The summed E-state index contributed by atoms with van der Waals surface area (Å²) in [6, 6.07) is 8.88. The SMILES string of the molecule is CC(C)c1ccc(-c2csc3ncnc(NC(C)(C)CC(C)(C)C)c23)cc1. The molecular formula is C23H31N3S. The first-order valence-corrected chi connectivity index (χ1v) is 10.5. The van der Waals surface area contributed by atoms with Crippen molar-refractivity contribution in [1.82, 2.24) is 9.97 Å². The Hall–Kier alpha value is -1.94. The highest BCUT2D eigenvalue weighted by Gasteiger charge is 2.27. The molecule has 1 aromatic carbocycles. The van der Waals surface area contributed by atoms with Crippen LogP contribution in [0.25, 0.3) is 21.3 Å². The zero-order valence-electron chi connectivity index (χ0n) is 17.6. The second kappa shape index (κ2) is 7.23. The number of hydrogen-bond donors (Lipinski definition) is 1. The van der Waals surface area contributed by atoms with Crippen molar-refractivity contribution in [2.75, 3.05) is 5.32 Å². The van der Waals surface area contributed by atoms with E-state index in [9.17, 15) is 0 Å². The Morgan fingerprint density at radius 1 is 1.00 bits per heavy atom. The van der Waals surface area contributed by atoms with E-state index in [4.69, 9.17) is 0 Å². The lowest BCUT2D eigenvalue weighted by atomic mass is 9.82. The van der Waals surface area contributed by atoms with Crippen LogP contribution in [0.3, 0.4) is 0 Å². The van der Waals surface area contributed by atoms with Gasteiger partial charge in [-0.1, -0.05) is 58.9 Å². The molecule has 1 N–H and O–H groups in total. The average Bonchev–Trinajstić information content (AvgIpc) is 2.97. The Morgan fingerprint density at radius 3 is 2.26 bits per heavy atom. The van der Waals surface area contributed by atoms with Crippen molar-refractivity contribution >= 4 is 27.4 Å². The van der Waals surface area contributed by atoms with E-state index >= 15 is 0 Å². The summed E-state index contributed by atoms with van der Waals surface area (Å²) >= 11 is 1.68. The molecule has 0 unspecified atom stereocenters. The number of rotatable bonds is 5. The lowest BCUT2D eigenvalue weighted by Gasteiger charge is -2.34. The lowest BCUT2D eigenvalue weighted by Crippen LogP contribution is -2.35. The van der Waals surface area contributed by atoms with E-state index in [1.54, 1.807) is 17.7 Å². The zero-order chi connectivity index (χ0) is 19.8. The van der Waals surface area contributed by atoms with Gasteiger partial charge in [-0.05, 0) is 42.7 Å². The maximum absolute atomic E-state index is 4.61. The maximum atomic E-state index is 4.61. The highest BCUT2D eigenvalue weighted by Crippen LogP contribution is 2.38. The molecule has 0 aliphatic heterocycles. The summed E-state index contributed by atoms with van der Waals surface area (Å²) in [7, 11) is 0. The largest absolute Gasteiger partial charge is 0.365 e. The molecular weight excluding hydrogens is 350 g/mol. The molecule has 3 aromatic rings. The van der Waals surface area contributed by atoms with E-state index in [0.717, 1.165) is 22.5 Å². The summed E-state index contributed by atoms with van der Waals surface area (Å²) in [6.07, 6.45) is 2.72. The molecule has 0 amide bonds. The number of anilines is 1. The van der Waals surface area contributed by atoms with E-state index in [0.29, 0.717) is 5.92 Å². The van der Waals surface area contributed by atoms with Gasteiger partial charge in [-0.15, -0.1) is 11.3 Å². The smallest absolute Gasteiger partial charge is 0.139 e. The van der Waals surface area contributed by atoms with Gasteiger partial charge >= 0.3 is 0 Å². The molecule has 0 aliphatic carbocycles. The van der Waals surface area contributed by atoms with Crippen molar-refractivity contribution < 1.29 is 0 Å². The molecule has 3 nitrogen and oxygen atoms in total. The lowest BCUT2D eigenvalue weighted by molar-refractivity contribution is 0.302. The zero-order valence-corrected chi connectivity index (χ0v) is 18.4. The van der Waals surface area contributed by atoms with Gasteiger partial charge in [0.25, 0.3) is 0 Å². The van der Waals surface area contributed by atoms with Crippen LogP contribution in [-0.2, 0) is 0 Å². The summed E-state index contributed by atoms with van der Waals surface area (Å²) in [6.45, 7) is 15.8. The number of aromatic nitrogens is 2. The highest BCUT2D eigenvalue weighted by molar-refractivity contribution is 7.17. The molecule has 4 heteroatoms. The van der Waals surface area contributed by atoms with Gasteiger partial charge in [-0.3, -0.25) is 0 Å². The van der Waals surface area contributed by atoms with Crippen molar-refractivity contribution in [3.05, 3.63) is 41.5 Å². The predicted octanol–water partition coefficient (Wildman–Crippen LogP) is 7.11. The average molecular weight is 382 g/mol. The maximum Gasteiger partial charge on any atom is 0.139 e. The fraction of sp³-hybridized carbons (Fsp3) is 0.478. The number of benzene rings is 1. The summed E-state index contributed by atoms with van der Waals surface area (Å²) in [5, 5.41) is 7.03. The number of nitrogens with one attached hydrogen (secondary N) is 1. The van der Waals surface area contributed by atoms with Crippen molar-refractivity contribution in [3.8, 4) is 11.1 Å². The molecule has 0 radical (unpaired) electrons. The van der Waals surface area contributed by atoms with Crippen LogP contribution in [-0.4, -0.2) is 15.5 Å². The van der Waals surface area contributed by atoms with E-state index in [1.165, 1.54) is 16.7 Å². The van der Waals surface area contributed by atoms with Crippen LogP contribution in [0.2, 0.25) is 0 Å². The predicted molar refractivity (Wildman–Crippen MR) is 119 cm³/mol. The molecule has 0 spiro atoms. The van der Waals surface area contributed by atoms with Gasteiger partial charge in [0.05, 0.1) is 5.39 Å². The number of thiophene rings is 1. The third-order valence-corrected chi connectivity index (χ3v) is 5.57. The normalized spacial score (nSPS) is 12.7. The highest BCUT2D eigenvalue weighted by atomic mass is 32.1. The van der Waals surface area contributed by atoms with Gasteiger partial charge in [0.15, 0.2) is 0 Å². The Kier molecular flexibility index (Phi) is 5.31. The number of hydrogen-bond acceptors (Lipinski definition) is 4. The first kappa shape index (κ1) is 19.8. The van der Waals surface area contributed by atoms with Gasteiger partial charge in [0.2, 0.25) is 0 Å². The summed E-state index contributed by atoms with van der Waals surface area (Å²) < 4.78 is 0. The van der Waals surface area contributed by atoms with Crippen LogP contribution in [0.4, 0.5) is 5.82 Å². The third kappa shape index (κ3) is 4.67. The Morgan fingerprint density at radius 2 is 1.67 bits per heavy atom. The standard InChI is InChI=1S/C23H31N3S/c1-15(2)16-8-10-17(11-9-16)18-12-27-21-19(18)20(24-14-25-21)26-23(6,7)13-22(3,4)5/h8-12,14-15H,13H2,1-7H3,(H,24,25,26). The molecule has 0 aliphatic rings. The van der Waals surface area contributed by atoms with Crippen molar-refractivity contribution in [1.29, 1.82) is 0 Å². The fourth-order valence-corrected chi connectivity index (χ4v) is 4.84.